The van der Waals surface area contributed by atoms with Crippen LogP contribution in [0.2, 0.25) is 0 Å². The van der Waals surface area contributed by atoms with E-state index in [1.54, 1.807) is 18.4 Å². The maximum Gasteiger partial charge on any atom is 0.191 e. The topological polar surface area (TPSA) is 58.5 Å². The van der Waals surface area contributed by atoms with Gasteiger partial charge in [0.25, 0.3) is 0 Å². The van der Waals surface area contributed by atoms with Gasteiger partial charge in [-0.05, 0) is 24.7 Å². The first-order valence-corrected chi connectivity index (χ1v) is 10.6. The highest BCUT2D eigenvalue weighted by Gasteiger charge is 2.36. The molecule has 0 atom stereocenters. The summed E-state index contributed by atoms with van der Waals surface area (Å²) in [6.45, 7) is 2.62. The van der Waals surface area contributed by atoms with Crippen LogP contribution in [0.1, 0.15) is 31.4 Å². The van der Waals surface area contributed by atoms with Crippen molar-refractivity contribution in [2.45, 2.75) is 32.1 Å². The summed E-state index contributed by atoms with van der Waals surface area (Å²) in [6.07, 6.45) is 5.89. The van der Waals surface area contributed by atoms with E-state index in [9.17, 15) is 0 Å². The van der Waals surface area contributed by atoms with Crippen molar-refractivity contribution in [3.05, 3.63) is 41.4 Å². The van der Waals surface area contributed by atoms with E-state index >= 15 is 0 Å². The molecular formula is C21H31IN4OS. The van der Waals surface area contributed by atoms with Crippen molar-refractivity contribution in [2.75, 3.05) is 33.9 Å². The summed E-state index contributed by atoms with van der Waals surface area (Å²) in [7, 11) is 3.61. The van der Waals surface area contributed by atoms with Gasteiger partial charge in [0.15, 0.2) is 5.96 Å². The Labute approximate surface area is 189 Å². The second-order valence-corrected chi connectivity index (χ2v) is 8.07. The van der Waals surface area contributed by atoms with Gasteiger partial charge in [-0.3, -0.25) is 4.99 Å². The van der Waals surface area contributed by atoms with E-state index < -0.39 is 0 Å². The molecule has 154 valence electrons. The minimum Gasteiger partial charge on any atom is -0.385 e. The van der Waals surface area contributed by atoms with Gasteiger partial charge in [0.05, 0.1) is 5.69 Å². The lowest BCUT2D eigenvalue weighted by atomic mass is 9.67. The monoisotopic (exact) mass is 514 g/mol. The first-order valence-electron chi connectivity index (χ1n) is 9.68. The number of halogens is 1. The third-order valence-electron chi connectivity index (χ3n) is 5.35. The van der Waals surface area contributed by atoms with Crippen LogP contribution >= 0.6 is 35.3 Å². The average Bonchev–Trinajstić information content (AvgIpc) is 3.15. The van der Waals surface area contributed by atoms with Crippen molar-refractivity contribution in [3.63, 3.8) is 0 Å². The van der Waals surface area contributed by atoms with Gasteiger partial charge in [0.2, 0.25) is 0 Å². The lowest BCUT2D eigenvalue weighted by Crippen LogP contribution is -2.47. The summed E-state index contributed by atoms with van der Waals surface area (Å²) in [5.41, 5.74) is 2.69. The van der Waals surface area contributed by atoms with Gasteiger partial charge in [-0.25, -0.2) is 4.98 Å². The van der Waals surface area contributed by atoms with Crippen LogP contribution in [-0.4, -0.2) is 44.8 Å². The van der Waals surface area contributed by atoms with Gasteiger partial charge >= 0.3 is 0 Å². The van der Waals surface area contributed by atoms with E-state index in [0.717, 1.165) is 49.2 Å². The molecule has 1 aliphatic rings. The van der Waals surface area contributed by atoms with Crippen LogP contribution < -0.4 is 10.6 Å². The van der Waals surface area contributed by atoms with Gasteiger partial charge in [-0.15, -0.1) is 35.3 Å². The molecule has 0 aliphatic heterocycles. The van der Waals surface area contributed by atoms with E-state index in [4.69, 9.17) is 9.72 Å². The Bertz CT molecular complexity index is 731. The fourth-order valence-corrected chi connectivity index (χ4v) is 4.31. The molecule has 1 aromatic heterocycles. The summed E-state index contributed by atoms with van der Waals surface area (Å²) in [6, 6.07) is 10.3. The Morgan fingerprint density at radius 3 is 2.68 bits per heavy atom. The predicted octanol–water partition coefficient (Wildman–Crippen LogP) is 4.34. The van der Waals surface area contributed by atoms with Crippen molar-refractivity contribution >= 4 is 41.3 Å². The van der Waals surface area contributed by atoms with Crippen LogP contribution in [-0.2, 0) is 11.2 Å². The molecule has 0 amide bonds. The minimum atomic E-state index is 0. The number of guanidine groups is 1. The molecule has 1 fully saturated rings. The Morgan fingerprint density at radius 2 is 2.04 bits per heavy atom. The maximum atomic E-state index is 5.27. The third kappa shape index (κ3) is 6.42. The van der Waals surface area contributed by atoms with Crippen LogP contribution in [0.5, 0.6) is 0 Å². The van der Waals surface area contributed by atoms with Gasteiger partial charge in [0.1, 0.15) is 5.01 Å². The molecule has 0 spiro atoms. The fraction of sp³-hybridized carbons (Fsp3) is 0.524. The van der Waals surface area contributed by atoms with Gasteiger partial charge in [-0.1, -0.05) is 36.8 Å². The Morgan fingerprint density at radius 1 is 1.25 bits per heavy atom. The predicted molar refractivity (Wildman–Crippen MR) is 129 cm³/mol. The number of ether oxygens (including phenoxy) is 1. The summed E-state index contributed by atoms with van der Waals surface area (Å²) in [4.78, 5) is 9.11. The number of hydrogen-bond acceptors (Lipinski definition) is 4. The van der Waals surface area contributed by atoms with E-state index in [1.807, 2.05) is 13.1 Å². The number of aliphatic imine (C=N–C) groups is 1. The number of aromatic nitrogens is 1. The molecule has 0 bridgehead atoms. The zero-order chi connectivity index (χ0) is 19.0. The molecule has 1 aliphatic carbocycles. The number of methoxy groups -OCH3 is 1. The minimum absolute atomic E-state index is 0. The Balaban J connectivity index is 0.00000280. The molecule has 3 rings (SSSR count). The largest absolute Gasteiger partial charge is 0.385 e. The van der Waals surface area contributed by atoms with Gasteiger partial charge in [0, 0.05) is 51.2 Å². The highest BCUT2D eigenvalue weighted by atomic mass is 127. The van der Waals surface area contributed by atoms with Crippen LogP contribution in [0.15, 0.2) is 40.7 Å². The molecule has 0 radical (unpaired) electrons. The zero-order valence-electron chi connectivity index (χ0n) is 16.7. The highest BCUT2D eigenvalue weighted by molar-refractivity contribution is 14.0. The molecule has 0 saturated heterocycles. The molecule has 28 heavy (non-hydrogen) atoms. The Kier molecular flexibility index (Phi) is 9.67. The number of thiazole rings is 1. The van der Waals surface area contributed by atoms with Crippen molar-refractivity contribution in [1.29, 1.82) is 0 Å². The van der Waals surface area contributed by atoms with Gasteiger partial charge in [-0.2, -0.15) is 0 Å². The van der Waals surface area contributed by atoms with Crippen LogP contribution in [0, 0.1) is 5.41 Å². The molecule has 5 nitrogen and oxygen atoms in total. The quantitative estimate of drug-likeness (QED) is 0.297. The van der Waals surface area contributed by atoms with E-state index in [2.05, 4.69) is 45.3 Å². The zero-order valence-corrected chi connectivity index (χ0v) is 19.9. The van der Waals surface area contributed by atoms with Crippen molar-refractivity contribution in [1.82, 2.24) is 15.6 Å². The highest BCUT2D eigenvalue weighted by Crippen LogP contribution is 2.43. The standard InChI is InChI=1S/C21H30N4OS.HI/c1-22-20(24-16-21(10-6-11-21)12-14-26-2)23-13-9-18-15-27-19(25-18)17-7-4-3-5-8-17;/h3-5,7-8,15H,6,9-14,16H2,1-2H3,(H2,22,23,24);1H. The second kappa shape index (κ2) is 11.7. The second-order valence-electron chi connectivity index (χ2n) is 7.21. The SMILES string of the molecule is CN=C(NCCc1csc(-c2ccccc2)n1)NCC1(CCOC)CCC1.I. The molecule has 7 heteroatoms. The smallest absolute Gasteiger partial charge is 0.191 e. The molecule has 1 aromatic carbocycles. The first-order chi connectivity index (χ1) is 13.2. The van der Waals surface area contributed by atoms with Gasteiger partial charge < -0.3 is 15.4 Å². The number of nitrogens with one attached hydrogen (secondary N) is 2. The molecular weight excluding hydrogens is 483 g/mol. The van der Waals surface area contributed by atoms with Crippen LogP contribution in [0.4, 0.5) is 0 Å². The molecule has 0 unspecified atom stereocenters. The summed E-state index contributed by atoms with van der Waals surface area (Å²) in [5.74, 6) is 0.872. The molecule has 2 N–H and O–H groups in total. The molecule has 1 saturated carbocycles. The normalized spacial score (nSPS) is 15.4. The Hall–Kier alpha value is -1.19. The van der Waals surface area contributed by atoms with Crippen LogP contribution in [0.25, 0.3) is 10.6 Å². The summed E-state index contributed by atoms with van der Waals surface area (Å²) in [5, 5.41) is 10.1. The molecule has 2 aromatic rings. The number of rotatable bonds is 9. The van der Waals surface area contributed by atoms with E-state index in [0.29, 0.717) is 5.41 Å². The fourth-order valence-electron chi connectivity index (χ4n) is 3.45. The number of benzene rings is 1. The first kappa shape index (κ1) is 23.1. The van der Waals surface area contributed by atoms with Crippen molar-refractivity contribution < 1.29 is 4.74 Å². The number of nitrogens with zero attached hydrogens (tertiary/aromatic N) is 2. The third-order valence-corrected chi connectivity index (χ3v) is 6.29. The lowest BCUT2D eigenvalue weighted by molar-refractivity contribution is 0.0732. The molecule has 1 heterocycles. The van der Waals surface area contributed by atoms with Crippen LogP contribution in [0.3, 0.4) is 0 Å². The average molecular weight is 514 g/mol. The van der Waals surface area contributed by atoms with Crippen molar-refractivity contribution in [2.24, 2.45) is 10.4 Å². The number of hydrogen-bond donors (Lipinski definition) is 2. The summed E-state index contributed by atoms with van der Waals surface area (Å²) >= 11 is 1.70. The van der Waals surface area contributed by atoms with E-state index in [1.165, 1.54) is 24.8 Å². The maximum absolute atomic E-state index is 5.27. The van der Waals surface area contributed by atoms with E-state index in [-0.39, 0.29) is 24.0 Å². The summed E-state index contributed by atoms with van der Waals surface area (Å²) < 4.78 is 5.27. The lowest BCUT2D eigenvalue weighted by Gasteiger charge is -2.42. The van der Waals surface area contributed by atoms with Crippen molar-refractivity contribution in [3.8, 4) is 10.6 Å².